The number of nitrogens with one attached hydrogen (secondary N) is 1. The van der Waals surface area contributed by atoms with E-state index in [1.807, 2.05) is 16.7 Å². The number of halogens is 1. The number of carbonyl (C=O) groups excluding carboxylic acids is 1. The quantitative estimate of drug-likeness (QED) is 0.781. The number of imidazole rings is 1. The topological polar surface area (TPSA) is 46.4 Å². The van der Waals surface area contributed by atoms with E-state index in [0.29, 0.717) is 11.4 Å². The Balaban J connectivity index is 1.85. The molecule has 0 aliphatic rings. The van der Waals surface area contributed by atoms with Gasteiger partial charge in [0.15, 0.2) is 4.96 Å². The molecule has 0 saturated carbocycles. The van der Waals surface area contributed by atoms with Crippen molar-refractivity contribution >= 4 is 27.9 Å². The standard InChI is InChI=1S/C13H10FN3OS/c1-8-7-19-13-16-11(6-17(8)13)12(18)15-10-4-2-9(14)3-5-10/h2-7H,1H3,(H,15,18). The van der Waals surface area contributed by atoms with Crippen molar-refractivity contribution in [1.29, 1.82) is 0 Å². The van der Waals surface area contributed by atoms with Crippen LogP contribution in [-0.2, 0) is 0 Å². The summed E-state index contributed by atoms with van der Waals surface area (Å²) in [4.78, 5) is 17.0. The smallest absolute Gasteiger partial charge is 0.275 e. The lowest BCUT2D eigenvalue weighted by atomic mass is 10.3. The summed E-state index contributed by atoms with van der Waals surface area (Å²) in [6.45, 7) is 1.95. The first-order valence-electron chi connectivity index (χ1n) is 5.63. The lowest BCUT2D eigenvalue weighted by Gasteiger charge is -2.02. The number of hydrogen-bond acceptors (Lipinski definition) is 3. The van der Waals surface area contributed by atoms with Crippen LogP contribution in [0.4, 0.5) is 10.1 Å². The van der Waals surface area contributed by atoms with E-state index in [-0.39, 0.29) is 11.7 Å². The fourth-order valence-electron chi connectivity index (χ4n) is 1.73. The summed E-state index contributed by atoms with van der Waals surface area (Å²) in [6.07, 6.45) is 1.69. The molecule has 2 heterocycles. The van der Waals surface area contributed by atoms with Crippen molar-refractivity contribution in [3.63, 3.8) is 0 Å². The molecule has 0 fully saturated rings. The summed E-state index contributed by atoms with van der Waals surface area (Å²) in [7, 11) is 0. The molecule has 0 atom stereocenters. The highest BCUT2D eigenvalue weighted by Gasteiger charge is 2.12. The van der Waals surface area contributed by atoms with Crippen molar-refractivity contribution in [2.45, 2.75) is 6.92 Å². The van der Waals surface area contributed by atoms with Crippen LogP contribution in [0.1, 0.15) is 16.2 Å². The zero-order valence-electron chi connectivity index (χ0n) is 10.1. The normalized spacial score (nSPS) is 10.8. The highest BCUT2D eigenvalue weighted by atomic mass is 32.1. The predicted molar refractivity (Wildman–Crippen MR) is 72.2 cm³/mol. The van der Waals surface area contributed by atoms with Crippen LogP contribution in [0.5, 0.6) is 0 Å². The molecule has 0 aliphatic carbocycles. The predicted octanol–water partition coefficient (Wildman–Crippen LogP) is 3.10. The number of fused-ring (bicyclic) bond motifs is 1. The molecule has 0 bridgehead atoms. The summed E-state index contributed by atoms with van der Waals surface area (Å²) in [5.74, 6) is -0.641. The zero-order valence-corrected chi connectivity index (χ0v) is 10.9. The van der Waals surface area contributed by atoms with Crippen molar-refractivity contribution in [2.75, 3.05) is 5.32 Å². The second-order valence-corrected chi connectivity index (χ2v) is 4.95. The van der Waals surface area contributed by atoms with Crippen LogP contribution in [-0.4, -0.2) is 15.3 Å². The lowest BCUT2D eigenvalue weighted by Crippen LogP contribution is -2.12. The van der Waals surface area contributed by atoms with Gasteiger partial charge >= 0.3 is 0 Å². The van der Waals surface area contributed by atoms with E-state index in [2.05, 4.69) is 10.3 Å². The first kappa shape index (κ1) is 11.9. The lowest BCUT2D eigenvalue weighted by molar-refractivity contribution is 0.102. The van der Waals surface area contributed by atoms with Crippen LogP contribution < -0.4 is 5.32 Å². The van der Waals surface area contributed by atoms with Gasteiger partial charge in [-0.3, -0.25) is 9.20 Å². The molecule has 96 valence electrons. The molecule has 3 rings (SSSR count). The molecule has 1 aromatic carbocycles. The maximum absolute atomic E-state index is 12.8. The minimum atomic E-state index is -0.337. The van der Waals surface area contributed by atoms with E-state index < -0.39 is 0 Å². The molecule has 0 saturated heterocycles. The highest BCUT2D eigenvalue weighted by Crippen LogP contribution is 2.17. The van der Waals surface area contributed by atoms with Gasteiger partial charge in [-0.25, -0.2) is 9.37 Å². The van der Waals surface area contributed by atoms with E-state index >= 15 is 0 Å². The minimum Gasteiger partial charge on any atom is -0.321 e. The van der Waals surface area contributed by atoms with E-state index in [1.54, 1.807) is 6.20 Å². The third-order valence-corrected chi connectivity index (χ3v) is 3.68. The summed E-state index contributed by atoms with van der Waals surface area (Å²) in [6, 6.07) is 5.62. The average molecular weight is 275 g/mol. The molecule has 6 heteroatoms. The highest BCUT2D eigenvalue weighted by molar-refractivity contribution is 7.15. The summed E-state index contributed by atoms with van der Waals surface area (Å²) in [5.41, 5.74) is 1.92. The number of rotatable bonds is 2. The molecule has 1 N–H and O–H groups in total. The fourth-order valence-corrected chi connectivity index (χ4v) is 2.58. The van der Waals surface area contributed by atoms with Gasteiger partial charge in [-0.05, 0) is 31.2 Å². The number of benzene rings is 1. The fraction of sp³-hybridized carbons (Fsp3) is 0.0769. The van der Waals surface area contributed by atoms with E-state index in [1.165, 1.54) is 35.6 Å². The minimum absolute atomic E-state index is 0.304. The number of aryl methyl sites for hydroxylation is 1. The molecular weight excluding hydrogens is 265 g/mol. The van der Waals surface area contributed by atoms with Crippen molar-refractivity contribution < 1.29 is 9.18 Å². The second-order valence-electron chi connectivity index (χ2n) is 4.12. The molecule has 0 spiro atoms. The van der Waals surface area contributed by atoms with Crippen molar-refractivity contribution in [2.24, 2.45) is 0 Å². The molecular formula is C13H10FN3OS. The van der Waals surface area contributed by atoms with Crippen LogP contribution in [0, 0.1) is 12.7 Å². The number of thiazole rings is 1. The Hall–Kier alpha value is -2.21. The van der Waals surface area contributed by atoms with Gasteiger partial charge in [0.05, 0.1) is 0 Å². The Morgan fingerprint density at radius 2 is 2.11 bits per heavy atom. The molecule has 1 amide bonds. The SMILES string of the molecule is Cc1csc2nc(C(=O)Nc3ccc(F)cc3)cn12. The van der Waals surface area contributed by atoms with Gasteiger partial charge in [0.2, 0.25) is 0 Å². The van der Waals surface area contributed by atoms with Crippen LogP contribution >= 0.6 is 11.3 Å². The number of nitrogens with zero attached hydrogens (tertiary/aromatic N) is 2. The van der Waals surface area contributed by atoms with Crippen LogP contribution in [0.15, 0.2) is 35.8 Å². The molecule has 3 aromatic rings. The van der Waals surface area contributed by atoms with Crippen molar-refractivity contribution in [3.05, 3.63) is 53.0 Å². The van der Waals surface area contributed by atoms with Crippen LogP contribution in [0.3, 0.4) is 0 Å². The van der Waals surface area contributed by atoms with Gasteiger partial charge in [0.25, 0.3) is 5.91 Å². The van der Waals surface area contributed by atoms with Crippen LogP contribution in [0.25, 0.3) is 4.96 Å². The van der Waals surface area contributed by atoms with Crippen LogP contribution in [0.2, 0.25) is 0 Å². The summed E-state index contributed by atoms with van der Waals surface area (Å²) < 4.78 is 14.6. The Bertz CT molecular complexity index is 745. The van der Waals surface area contributed by atoms with E-state index in [4.69, 9.17) is 0 Å². The third kappa shape index (κ3) is 2.22. The molecule has 19 heavy (non-hydrogen) atoms. The molecule has 2 aromatic heterocycles. The third-order valence-electron chi connectivity index (χ3n) is 2.72. The maximum Gasteiger partial charge on any atom is 0.275 e. The maximum atomic E-state index is 12.8. The van der Waals surface area contributed by atoms with E-state index in [9.17, 15) is 9.18 Å². The first-order chi connectivity index (χ1) is 9.13. The van der Waals surface area contributed by atoms with Gasteiger partial charge in [-0.1, -0.05) is 0 Å². The molecule has 0 radical (unpaired) electrons. The Morgan fingerprint density at radius 1 is 1.37 bits per heavy atom. The number of aromatic nitrogens is 2. The van der Waals surface area contributed by atoms with Crippen molar-refractivity contribution in [3.8, 4) is 0 Å². The monoisotopic (exact) mass is 275 g/mol. The van der Waals surface area contributed by atoms with E-state index in [0.717, 1.165) is 10.7 Å². The first-order valence-corrected chi connectivity index (χ1v) is 6.51. The molecule has 4 nitrogen and oxygen atoms in total. The van der Waals surface area contributed by atoms with Gasteiger partial charge in [0.1, 0.15) is 11.5 Å². The van der Waals surface area contributed by atoms with Gasteiger partial charge in [-0.15, -0.1) is 11.3 Å². The number of anilines is 1. The second kappa shape index (κ2) is 4.47. The van der Waals surface area contributed by atoms with Gasteiger partial charge < -0.3 is 5.32 Å². The zero-order chi connectivity index (χ0) is 13.4. The van der Waals surface area contributed by atoms with Gasteiger partial charge in [-0.2, -0.15) is 0 Å². The Kier molecular flexibility index (Phi) is 2.79. The largest absolute Gasteiger partial charge is 0.321 e. The van der Waals surface area contributed by atoms with Crippen molar-refractivity contribution in [1.82, 2.24) is 9.38 Å². The van der Waals surface area contributed by atoms with Gasteiger partial charge in [0, 0.05) is 23.0 Å². The summed E-state index contributed by atoms with van der Waals surface area (Å²) >= 11 is 1.48. The Morgan fingerprint density at radius 3 is 2.79 bits per heavy atom. The average Bonchev–Trinajstić information content (AvgIpc) is 2.95. The molecule has 0 unspecified atom stereocenters. The number of amides is 1. The summed E-state index contributed by atoms with van der Waals surface area (Å²) in [5, 5.41) is 4.66. The number of carbonyl (C=O) groups is 1. The Labute approximate surface area is 112 Å². The molecule has 0 aliphatic heterocycles. The number of hydrogen-bond donors (Lipinski definition) is 1.